The van der Waals surface area contributed by atoms with Crippen molar-refractivity contribution < 1.29 is 14.7 Å². The van der Waals surface area contributed by atoms with Gasteiger partial charge in [0.2, 0.25) is 0 Å². The number of amides is 1. The second-order valence-electron chi connectivity index (χ2n) is 4.97. The van der Waals surface area contributed by atoms with Crippen LogP contribution in [0.4, 0.5) is 0 Å². The molecule has 0 aliphatic carbocycles. The van der Waals surface area contributed by atoms with Gasteiger partial charge in [0.1, 0.15) is 0 Å². The predicted molar refractivity (Wildman–Crippen MR) is 77.5 cm³/mol. The minimum Gasteiger partial charge on any atom is -0.481 e. The van der Waals surface area contributed by atoms with E-state index in [1.807, 2.05) is 0 Å². The van der Waals surface area contributed by atoms with Crippen molar-refractivity contribution in [3.63, 3.8) is 0 Å². The van der Waals surface area contributed by atoms with Gasteiger partial charge in [-0.05, 0) is 47.7 Å². The van der Waals surface area contributed by atoms with Crippen LogP contribution in [-0.4, -0.2) is 39.5 Å². The molecule has 0 unspecified atom stereocenters. The topological polar surface area (TPSA) is 70.5 Å². The Morgan fingerprint density at radius 3 is 2.90 bits per heavy atom. The van der Waals surface area contributed by atoms with Crippen LogP contribution in [0.3, 0.4) is 0 Å². The van der Waals surface area contributed by atoms with Crippen LogP contribution in [0.5, 0.6) is 0 Å². The Balaban J connectivity index is 2.10. The van der Waals surface area contributed by atoms with Crippen molar-refractivity contribution in [3.05, 3.63) is 28.5 Å². The number of carboxylic acid groups (broad SMARTS) is 1. The first-order valence-electron chi connectivity index (χ1n) is 6.71. The number of carbonyl (C=O) groups excluding carboxylic acids is 1. The number of piperidine rings is 1. The quantitative estimate of drug-likeness (QED) is 0.914. The monoisotopic (exact) mass is 340 g/mol. The SMILES string of the molecule is O=C(O)CC[C@H]1CCCCN1C(=O)c1cncc(Br)c1. The van der Waals surface area contributed by atoms with Crippen molar-refractivity contribution in [3.8, 4) is 0 Å². The number of rotatable bonds is 4. The number of aromatic nitrogens is 1. The number of carbonyl (C=O) groups is 2. The predicted octanol–water partition coefficient (Wildman–Crippen LogP) is 2.70. The highest BCUT2D eigenvalue weighted by atomic mass is 79.9. The Morgan fingerprint density at radius 2 is 2.20 bits per heavy atom. The van der Waals surface area contributed by atoms with E-state index in [2.05, 4.69) is 20.9 Å². The third-order valence-electron chi connectivity index (χ3n) is 3.53. The van der Waals surface area contributed by atoms with E-state index in [1.54, 1.807) is 23.4 Å². The molecule has 1 aliphatic heterocycles. The van der Waals surface area contributed by atoms with Crippen LogP contribution in [0.25, 0.3) is 0 Å². The molecule has 0 bridgehead atoms. The average Bonchev–Trinajstić information content (AvgIpc) is 2.44. The number of hydrogen-bond acceptors (Lipinski definition) is 3. The molecule has 1 N–H and O–H groups in total. The summed E-state index contributed by atoms with van der Waals surface area (Å²) in [6.45, 7) is 0.690. The van der Waals surface area contributed by atoms with E-state index in [9.17, 15) is 9.59 Å². The minimum absolute atomic E-state index is 0.0198. The third kappa shape index (κ3) is 3.79. The highest BCUT2D eigenvalue weighted by Crippen LogP contribution is 2.23. The van der Waals surface area contributed by atoms with Crippen LogP contribution in [0.15, 0.2) is 22.9 Å². The van der Waals surface area contributed by atoms with Gasteiger partial charge in [0.05, 0.1) is 5.56 Å². The van der Waals surface area contributed by atoms with Gasteiger partial charge < -0.3 is 10.0 Å². The molecule has 108 valence electrons. The van der Waals surface area contributed by atoms with Crippen molar-refractivity contribution >= 4 is 27.8 Å². The molecule has 0 saturated carbocycles. The number of hydrogen-bond donors (Lipinski definition) is 1. The second-order valence-corrected chi connectivity index (χ2v) is 5.89. The molecule has 1 fully saturated rings. The highest BCUT2D eigenvalue weighted by Gasteiger charge is 2.27. The fourth-order valence-electron chi connectivity index (χ4n) is 2.55. The van der Waals surface area contributed by atoms with Gasteiger partial charge in [0.15, 0.2) is 0 Å². The molecule has 1 saturated heterocycles. The van der Waals surface area contributed by atoms with E-state index in [-0.39, 0.29) is 18.4 Å². The maximum absolute atomic E-state index is 12.5. The molecule has 5 nitrogen and oxygen atoms in total. The van der Waals surface area contributed by atoms with Crippen LogP contribution >= 0.6 is 15.9 Å². The summed E-state index contributed by atoms with van der Waals surface area (Å²) in [6, 6.07) is 1.77. The fourth-order valence-corrected chi connectivity index (χ4v) is 2.92. The number of halogens is 1. The molecule has 1 aromatic rings. The molecular weight excluding hydrogens is 324 g/mol. The molecule has 0 radical (unpaired) electrons. The summed E-state index contributed by atoms with van der Waals surface area (Å²) >= 11 is 3.31. The van der Waals surface area contributed by atoms with Gasteiger partial charge in [-0.2, -0.15) is 0 Å². The lowest BCUT2D eigenvalue weighted by atomic mass is 9.97. The zero-order chi connectivity index (χ0) is 14.5. The smallest absolute Gasteiger partial charge is 0.303 e. The number of likely N-dealkylation sites (tertiary alicyclic amines) is 1. The van der Waals surface area contributed by atoms with E-state index in [0.29, 0.717) is 18.5 Å². The standard InChI is InChI=1S/C14H17BrN2O3/c15-11-7-10(8-16-9-11)14(20)17-6-2-1-3-12(17)4-5-13(18)19/h7-9,12H,1-6H2,(H,18,19)/t12-/m1/s1. The molecule has 20 heavy (non-hydrogen) atoms. The lowest BCUT2D eigenvalue weighted by Crippen LogP contribution is -2.44. The zero-order valence-corrected chi connectivity index (χ0v) is 12.7. The van der Waals surface area contributed by atoms with Crippen molar-refractivity contribution in [2.24, 2.45) is 0 Å². The summed E-state index contributed by atoms with van der Waals surface area (Å²) in [5.74, 6) is -0.874. The van der Waals surface area contributed by atoms with Crippen LogP contribution < -0.4 is 0 Å². The Labute approximate surface area is 126 Å². The summed E-state index contributed by atoms with van der Waals surface area (Å²) < 4.78 is 0.766. The Hall–Kier alpha value is -1.43. The number of pyridine rings is 1. The molecule has 2 heterocycles. The molecule has 1 atom stereocenters. The van der Waals surface area contributed by atoms with E-state index in [1.165, 1.54) is 0 Å². The minimum atomic E-state index is -0.813. The van der Waals surface area contributed by atoms with Gasteiger partial charge in [-0.3, -0.25) is 14.6 Å². The highest BCUT2D eigenvalue weighted by molar-refractivity contribution is 9.10. The maximum Gasteiger partial charge on any atom is 0.303 e. The van der Waals surface area contributed by atoms with Crippen molar-refractivity contribution in [2.75, 3.05) is 6.54 Å². The van der Waals surface area contributed by atoms with Gasteiger partial charge in [0.25, 0.3) is 5.91 Å². The molecule has 0 spiro atoms. The zero-order valence-electron chi connectivity index (χ0n) is 11.1. The first kappa shape index (κ1) is 15.0. The first-order chi connectivity index (χ1) is 9.58. The molecule has 1 aromatic heterocycles. The molecule has 1 amide bonds. The molecular formula is C14H17BrN2O3. The third-order valence-corrected chi connectivity index (χ3v) is 3.96. The van der Waals surface area contributed by atoms with Crippen LogP contribution in [0.1, 0.15) is 42.5 Å². The Morgan fingerprint density at radius 1 is 1.40 bits per heavy atom. The van der Waals surface area contributed by atoms with Crippen molar-refractivity contribution in [1.29, 1.82) is 0 Å². The molecule has 0 aromatic carbocycles. The second kappa shape index (κ2) is 6.83. The molecule has 1 aliphatic rings. The van der Waals surface area contributed by atoms with Crippen LogP contribution in [-0.2, 0) is 4.79 Å². The number of aliphatic carboxylic acids is 1. The van der Waals surface area contributed by atoms with E-state index in [4.69, 9.17) is 5.11 Å². The van der Waals surface area contributed by atoms with Gasteiger partial charge in [-0.25, -0.2) is 0 Å². The molecule has 2 rings (SSSR count). The fraction of sp³-hybridized carbons (Fsp3) is 0.500. The first-order valence-corrected chi connectivity index (χ1v) is 7.50. The van der Waals surface area contributed by atoms with Gasteiger partial charge in [0, 0.05) is 35.9 Å². The van der Waals surface area contributed by atoms with Crippen molar-refractivity contribution in [1.82, 2.24) is 9.88 Å². The van der Waals surface area contributed by atoms with Crippen LogP contribution in [0.2, 0.25) is 0 Å². The summed E-state index contributed by atoms with van der Waals surface area (Å²) in [7, 11) is 0. The largest absolute Gasteiger partial charge is 0.481 e. The van der Waals surface area contributed by atoms with E-state index in [0.717, 1.165) is 23.7 Å². The number of carboxylic acids is 1. The summed E-state index contributed by atoms with van der Waals surface area (Å²) in [5, 5.41) is 8.80. The number of nitrogens with zero attached hydrogens (tertiary/aromatic N) is 2. The average molecular weight is 341 g/mol. The van der Waals surface area contributed by atoms with Gasteiger partial charge in [-0.1, -0.05) is 0 Å². The van der Waals surface area contributed by atoms with Gasteiger partial charge in [-0.15, -0.1) is 0 Å². The van der Waals surface area contributed by atoms with Gasteiger partial charge >= 0.3 is 5.97 Å². The Bertz CT molecular complexity index is 507. The maximum atomic E-state index is 12.5. The van der Waals surface area contributed by atoms with E-state index < -0.39 is 5.97 Å². The lowest BCUT2D eigenvalue weighted by Gasteiger charge is -2.35. The summed E-state index contributed by atoms with van der Waals surface area (Å²) in [5.41, 5.74) is 0.543. The molecule has 6 heteroatoms. The Kier molecular flexibility index (Phi) is 5.11. The van der Waals surface area contributed by atoms with Crippen molar-refractivity contribution in [2.45, 2.75) is 38.1 Å². The lowest BCUT2D eigenvalue weighted by molar-refractivity contribution is -0.137. The van der Waals surface area contributed by atoms with Crippen LogP contribution in [0, 0.1) is 0 Å². The normalized spacial score (nSPS) is 18.9. The summed E-state index contributed by atoms with van der Waals surface area (Å²) in [6.07, 6.45) is 6.69. The summed E-state index contributed by atoms with van der Waals surface area (Å²) in [4.78, 5) is 29.1. The van der Waals surface area contributed by atoms with E-state index >= 15 is 0 Å².